The van der Waals surface area contributed by atoms with Gasteiger partial charge in [-0.15, -0.1) is 24.0 Å². The molecule has 1 aromatic heterocycles. The lowest BCUT2D eigenvalue weighted by molar-refractivity contribution is 0.265. The van der Waals surface area contributed by atoms with Crippen LogP contribution in [0.4, 0.5) is 0 Å². The number of benzene rings is 1. The first-order valence-electron chi connectivity index (χ1n) is 10.2. The molecular formula is C22H36IN5O. The van der Waals surface area contributed by atoms with E-state index in [1.54, 1.807) is 7.05 Å². The van der Waals surface area contributed by atoms with Gasteiger partial charge in [-0.05, 0) is 38.4 Å². The smallest absolute Gasteiger partial charge is 0.191 e. The van der Waals surface area contributed by atoms with Crippen molar-refractivity contribution in [1.82, 2.24) is 20.7 Å². The molecule has 6 nitrogen and oxygen atoms in total. The molecule has 0 saturated heterocycles. The van der Waals surface area contributed by atoms with Gasteiger partial charge in [0, 0.05) is 44.7 Å². The standard InChI is InChI=1S/C22H35N5O.HI/c1-7-20-19(21(8-2)28-26-20)14-25-22(23-5)24-13-17-11-9-10-12-18(17)15-27(6)16(3)4;/h9-12,16H,7-8,13-15H2,1-6H3,(H2,23,24,25);1H. The van der Waals surface area contributed by atoms with Crippen LogP contribution >= 0.6 is 24.0 Å². The quantitative estimate of drug-likeness (QED) is 0.300. The molecule has 0 bridgehead atoms. The number of hydrogen-bond donors (Lipinski definition) is 2. The summed E-state index contributed by atoms with van der Waals surface area (Å²) in [5.41, 5.74) is 4.78. The van der Waals surface area contributed by atoms with E-state index in [-0.39, 0.29) is 24.0 Å². The Morgan fingerprint density at radius 1 is 1.10 bits per heavy atom. The maximum atomic E-state index is 5.45. The summed E-state index contributed by atoms with van der Waals surface area (Å²) < 4.78 is 5.45. The average Bonchev–Trinajstić information content (AvgIpc) is 3.11. The summed E-state index contributed by atoms with van der Waals surface area (Å²) in [6, 6.07) is 9.08. The zero-order valence-corrected chi connectivity index (χ0v) is 20.9. The number of aromatic nitrogens is 1. The van der Waals surface area contributed by atoms with Crippen LogP contribution in [0.1, 0.15) is 55.8 Å². The number of nitrogens with zero attached hydrogens (tertiary/aromatic N) is 3. The van der Waals surface area contributed by atoms with Gasteiger partial charge in [0.25, 0.3) is 0 Å². The van der Waals surface area contributed by atoms with Gasteiger partial charge in [0.05, 0.1) is 5.69 Å². The van der Waals surface area contributed by atoms with Crippen LogP contribution in [-0.4, -0.2) is 36.2 Å². The van der Waals surface area contributed by atoms with Gasteiger partial charge in [0.1, 0.15) is 5.76 Å². The number of hydrogen-bond acceptors (Lipinski definition) is 4. The fourth-order valence-electron chi connectivity index (χ4n) is 3.04. The van der Waals surface area contributed by atoms with Gasteiger partial charge in [-0.1, -0.05) is 43.3 Å². The lowest BCUT2D eigenvalue weighted by Crippen LogP contribution is -2.37. The molecule has 0 atom stereocenters. The maximum Gasteiger partial charge on any atom is 0.191 e. The molecule has 0 aliphatic carbocycles. The van der Waals surface area contributed by atoms with E-state index in [1.807, 2.05) is 0 Å². The fraction of sp³-hybridized carbons (Fsp3) is 0.545. The van der Waals surface area contributed by atoms with E-state index in [2.05, 4.69) is 84.7 Å². The van der Waals surface area contributed by atoms with Gasteiger partial charge in [-0.25, -0.2) is 0 Å². The Bertz CT molecular complexity index is 751. The molecule has 0 radical (unpaired) electrons. The minimum absolute atomic E-state index is 0. The second kappa shape index (κ2) is 12.8. The second-order valence-corrected chi connectivity index (χ2v) is 7.29. The largest absolute Gasteiger partial charge is 0.361 e. The first-order valence-corrected chi connectivity index (χ1v) is 10.2. The van der Waals surface area contributed by atoms with Gasteiger partial charge < -0.3 is 15.2 Å². The molecule has 162 valence electrons. The third-order valence-corrected chi connectivity index (χ3v) is 5.13. The zero-order valence-electron chi connectivity index (χ0n) is 18.6. The molecule has 7 heteroatoms. The Kier molecular flexibility index (Phi) is 11.3. The number of nitrogens with one attached hydrogen (secondary N) is 2. The summed E-state index contributed by atoms with van der Waals surface area (Å²) in [6.45, 7) is 10.9. The predicted molar refractivity (Wildman–Crippen MR) is 131 cm³/mol. The Morgan fingerprint density at radius 2 is 1.76 bits per heavy atom. The van der Waals surface area contributed by atoms with Crippen LogP contribution in [0.5, 0.6) is 0 Å². The van der Waals surface area contributed by atoms with Crippen molar-refractivity contribution in [1.29, 1.82) is 0 Å². The molecule has 1 aromatic carbocycles. The predicted octanol–water partition coefficient (Wildman–Crippen LogP) is 4.12. The van der Waals surface area contributed by atoms with Gasteiger partial charge in [-0.3, -0.25) is 9.89 Å². The highest BCUT2D eigenvalue weighted by molar-refractivity contribution is 14.0. The lowest BCUT2D eigenvalue weighted by atomic mass is 10.1. The summed E-state index contributed by atoms with van der Waals surface area (Å²) in [7, 11) is 3.95. The SMILES string of the molecule is CCc1noc(CC)c1CNC(=NC)NCc1ccccc1CN(C)C(C)C.I. The molecular weight excluding hydrogens is 477 g/mol. The molecule has 29 heavy (non-hydrogen) atoms. The van der Waals surface area contributed by atoms with Crippen LogP contribution in [0.15, 0.2) is 33.8 Å². The Labute approximate surface area is 192 Å². The fourth-order valence-corrected chi connectivity index (χ4v) is 3.04. The van der Waals surface area contributed by atoms with Crippen LogP contribution < -0.4 is 10.6 Å². The van der Waals surface area contributed by atoms with Crippen molar-refractivity contribution in [2.45, 2.75) is 66.2 Å². The first-order chi connectivity index (χ1) is 13.5. The molecule has 2 N–H and O–H groups in total. The second-order valence-electron chi connectivity index (χ2n) is 7.29. The molecule has 2 aromatic rings. The Hall–Kier alpha value is -1.61. The average molecular weight is 513 g/mol. The van der Waals surface area contributed by atoms with E-state index in [0.29, 0.717) is 12.6 Å². The van der Waals surface area contributed by atoms with E-state index in [0.717, 1.165) is 48.9 Å². The molecule has 2 rings (SSSR count). The minimum Gasteiger partial charge on any atom is -0.361 e. The number of guanidine groups is 1. The summed E-state index contributed by atoms with van der Waals surface area (Å²) in [5, 5.41) is 11.0. The van der Waals surface area contributed by atoms with Crippen LogP contribution in [0, 0.1) is 0 Å². The van der Waals surface area contributed by atoms with Gasteiger partial charge in [0.15, 0.2) is 5.96 Å². The number of rotatable bonds is 9. The van der Waals surface area contributed by atoms with Gasteiger partial charge in [0.2, 0.25) is 0 Å². The molecule has 0 spiro atoms. The minimum atomic E-state index is 0. The van der Waals surface area contributed by atoms with E-state index in [1.165, 1.54) is 11.1 Å². The third kappa shape index (κ3) is 7.29. The number of halogens is 1. The van der Waals surface area contributed by atoms with Crippen LogP contribution in [0.2, 0.25) is 0 Å². The maximum absolute atomic E-state index is 5.45. The summed E-state index contributed by atoms with van der Waals surface area (Å²) in [5.74, 6) is 1.72. The monoisotopic (exact) mass is 513 g/mol. The number of aliphatic imine (C=N–C) groups is 1. The van der Waals surface area contributed by atoms with Crippen molar-refractivity contribution >= 4 is 29.9 Å². The molecule has 1 heterocycles. The van der Waals surface area contributed by atoms with E-state index in [9.17, 15) is 0 Å². The topological polar surface area (TPSA) is 65.7 Å². The van der Waals surface area contributed by atoms with Crippen LogP contribution in [0.25, 0.3) is 0 Å². The van der Waals surface area contributed by atoms with E-state index in [4.69, 9.17) is 4.52 Å². The Balaban J connectivity index is 0.00000420. The highest BCUT2D eigenvalue weighted by Gasteiger charge is 2.14. The highest BCUT2D eigenvalue weighted by Crippen LogP contribution is 2.15. The molecule has 0 saturated carbocycles. The molecule has 0 amide bonds. The molecule has 0 fully saturated rings. The highest BCUT2D eigenvalue weighted by atomic mass is 127. The lowest BCUT2D eigenvalue weighted by Gasteiger charge is -2.23. The normalized spacial score (nSPS) is 11.7. The van der Waals surface area contributed by atoms with Crippen molar-refractivity contribution < 1.29 is 4.52 Å². The van der Waals surface area contributed by atoms with Crippen molar-refractivity contribution in [3.8, 4) is 0 Å². The molecule has 0 aliphatic rings. The number of aryl methyl sites for hydroxylation is 2. The van der Waals surface area contributed by atoms with Crippen molar-refractivity contribution in [3.63, 3.8) is 0 Å². The summed E-state index contributed by atoms with van der Waals surface area (Å²) >= 11 is 0. The molecule has 0 aliphatic heterocycles. The van der Waals surface area contributed by atoms with E-state index < -0.39 is 0 Å². The van der Waals surface area contributed by atoms with Crippen LogP contribution in [-0.2, 0) is 32.5 Å². The van der Waals surface area contributed by atoms with Crippen molar-refractivity contribution in [3.05, 3.63) is 52.4 Å². The summed E-state index contributed by atoms with van der Waals surface area (Å²) in [4.78, 5) is 6.71. The molecule has 0 unspecified atom stereocenters. The zero-order chi connectivity index (χ0) is 20.5. The van der Waals surface area contributed by atoms with Gasteiger partial charge in [-0.2, -0.15) is 0 Å². The summed E-state index contributed by atoms with van der Waals surface area (Å²) in [6.07, 6.45) is 1.70. The van der Waals surface area contributed by atoms with E-state index >= 15 is 0 Å². The van der Waals surface area contributed by atoms with Gasteiger partial charge >= 0.3 is 0 Å². The first kappa shape index (κ1) is 25.4. The van der Waals surface area contributed by atoms with Crippen LogP contribution in [0.3, 0.4) is 0 Å². The van der Waals surface area contributed by atoms with Crippen molar-refractivity contribution in [2.75, 3.05) is 14.1 Å². The Morgan fingerprint density at radius 3 is 2.34 bits per heavy atom. The third-order valence-electron chi connectivity index (χ3n) is 5.13. The van der Waals surface area contributed by atoms with Crippen molar-refractivity contribution in [2.24, 2.45) is 4.99 Å².